The summed E-state index contributed by atoms with van der Waals surface area (Å²) in [5.41, 5.74) is 8.12. The second-order valence-corrected chi connectivity index (χ2v) is 21.0. The van der Waals surface area contributed by atoms with Gasteiger partial charge in [-0.25, -0.2) is 8.42 Å². The molecular weight excluding hydrogens is 885 g/mol. The molecular formula is C63H94O6S. The van der Waals surface area contributed by atoms with Crippen molar-refractivity contribution < 1.29 is 27.6 Å². The Morgan fingerprint density at radius 1 is 0.400 bits per heavy atom. The van der Waals surface area contributed by atoms with Crippen molar-refractivity contribution in [2.45, 2.75) is 206 Å². The lowest BCUT2D eigenvalue weighted by molar-refractivity contribution is 0.0979. The van der Waals surface area contributed by atoms with Crippen LogP contribution in [0, 0.1) is 23.7 Å². The highest BCUT2D eigenvalue weighted by Crippen LogP contribution is 2.37. The van der Waals surface area contributed by atoms with E-state index in [2.05, 4.69) is 67.5 Å². The summed E-state index contributed by atoms with van der Waals surface area (Å²) in [6, 6.07) is 18.3. The van der Waals surface area contributed by atoms with Crippen molar-refractivity contribution in [2.75, 3.05) is 0 Å². The van der Waals surface area contributed by atoms with Crippen LogP contribution in [0.2, 0.25) is 0 Å². The summed E-state index contributed by atoms with van der Waals surface area (Å²) in [4.78, 5) is 49.0. The Labute approximate surface area is 427 Å². The minimum atomic E-state index is -3.12. The second kappa shape index (κ2) is 32.5. The van der Waals surface area contributed by atoms with Crippen molar-refractivity contribution >= 4 is 33.0 Å². The van der Waals surface area contributed by atoms with Crippen LogP contribution in [0.1, 0.15) is 257 Å². The number of unbranched alkanes of at least 4 members (excludes halogenated alkanes) is 4. The largest absolute Gasteiger partial charge is 0.289 e. The van der Waals surface area contributed by atoms with E-state index in [4.69, 9.17) is 0 Å². The zero-order chi connectivity index (χ0) is 48.9. The van der Waals surface area contributed by atoms with E-state index < -0.39 is 9.84 Å². The van der Waals surface area contributed by atoms with Crippen molar-refractivity contribution in [3.8, 4) is 0 Å². The second-order valence-electron chi connectivity index (χ2n) is 19.3. The van der Waals surface area contributed by atoms with Crippen LogP contribution in [0.5, 0.6) is 0 Å². The summed E-state index contributed by atoms with van der Waals surface area (Å²) in [5, 5.41) is 3.09. The van der Waals surface area contributed by atoms with Crippen LogP contribution >= 0.6 is 0 Å². The Bertz CT molecular complexity index is 2170. The number of ketones is 4. The van der Waals surface area contributed by atoms with E-state index in [-0.39, 0.29) is 45.4 Å². The van der Waals surface area contributed by atoms with E-state index in [9.17, 15) is 27.6 Å². The highest BCUT2D eigenvalue weighted by atomic mass is 32.2. The topological polar surface area (TPSA) is 102 Å². The maximum atomic E-state index is 13.3. The molecule has 3 aromatic carbocycles. The number of benzene rings is 3. The fourth-order valence-corrected chi connectivity index (χ4v) is 11.2. The third kappa shape index (κ3) is 18.3. The van der Waals surface area contributed by atoms with Crippen LogP contribution in [-0.4, -0.2) is 31.6 Å². The third-order valence-corrected chi connectivity index (χ3v) is 15.5. The smallest absolute Gasteiger partial charge is 0.194 e. The molecule has 2 aliphatic carbocycles. The summed E-state index contributed by atoms with van der Waals surface area (Å²) < 4.78 is 24.1. The maximum absolute atomic E-state index is 13.3. The molecule has 7 heteroatoms. The van der Waals surface area contributed by atoms with Crippen LogP contribution < -0.4 is 0 Å². The fourth-order valence-electron chi connectivity index (χ4n) is 9.82. The molecule has 0 amide bonds. The highest BCUT2D eigenvalue weighted by Gasteiger charge is 2.31. The van der Waals surface area contributed by atoms with Crippen molar-refractivity contribution in [2.24, 2.45) is 23.7 Å². The van der Waals surface area contributed by atoms with Crippen LogP contribution in [0.3, 0.4) is 0 Å². The molecule has 0 bridgehead atoms. The molecule has 4 unspecified atom stereocenters. The number of sulfone groups is 1. The molecule has 1 aliphatic heterocycles. The Kier molecular flexibility index (Phi) is 29.5. The zero-order valence-corrected chi connectivity index (χ0v) is 43.2. The molecule has 0 aromatic heterocycles. The Balaban J connectivity index is 0.000000563. The van der Waals surface area contributed by atoms with Gasteiger partial charge in [-0.05, 0) is 95.9 Å². The first-order valence-corrected chi connectivity index (χ1v) is 27.7. The number of hydrogen-bond acceptors (Lipinski definition) is 6. The van der Waals surface area contributed by atoms with Crippen LogP contribution in [0.4, 0.5) is 0 Å². The molecule has 0 saturated heterocycles. The molecule has 0 radical (unpaired) electrons. The standard InChI is InChI=1S/C30H40O2.C20H36O2S.C10H6O2.3CH4/c1-5-9-13-21(7-3)17-23-19-27-28(20-24(23)18-22(8-4)14-10-6-2)30(32)26-16-12-11-15-25(26)29(27)31;1-5-9-11-17(7-3)13-19-15-23(21,22)16-20(19)14-18(8-4)12-10-6-2;11-9-5-6-10(12)8-4-2-1-3-7(8)9;;;/h11-12,15-16,19-22H,5-10,13-14,17-18H2,1-4H3;15-18H,5-14H2,1-4H3;1-6H;3*1H4. The van der Waals surface area contributed by atoms with Gasteiger partial charge in [-0.3, -0.25) is 19.2 Å². The van der Waals surface area contributed by atoms with Gasteiger partial charge >= 0.3 is 0 Å². The fraction of sp³-hybridized carbons (Fsp3) is 0.556. The molecule has 3 aliphatic rings. The molecule has 0 fully saturated rings. The lowest BCUT2D eigenvalue weighted by Gasteiger charge is -2.24. The molecule has 6 rings (SSSR count). The molecule has 70 heavy (non-hydrogen) atoms. The minimum Gasteiger partial charge on any atom is -0.289 e. The summed E-state index contributed by atoms with van der Waals surface area (Å²) in [7, 11) is -3.12. The van der Waals surface area contributed by atoms with Gasteiger partial charge in [-0.1, -0.05) is 229 Å². The monoisotopic (exact) mass is 979 g/mol. The van der Waals surface area contributed by atoms with Crippen molar-refractivity contribution in [1.82, 2.24) is 0 Å². The Hall–Kier alpha value is -4.49. The van der Waals surface area contributed by atoms with Crippen molar-refractivity contribution in [3.05, 3.63) is 139 Å². The first-order chi connectivity index (χ1) is 32.3. The Morgan fingerprint density at radius 3 is 0.971 bits per heavy atom. The summed E-state index contributed by atoms with van der Waals surface area (Å²) in [5.74, 6) is 2.32. The number of allylic oxidation sites excluding steroid dienone is 4. The van der Waals surface area contributed by atoms with Gasteiger partial charge in [0.1, 0.15) is 0 Å². The number of fused-ring (bicyclic) bond motifs is 3. The Morgan fingerprint density at radius 2 is 0.686 bits per heavy atom. The van der Waals surface area contributed by atoms with E-state index in [1.807, 2.05) is 12.1 Å². The maximum Gasteiger partial charge on any atom is 0.194 e. The highest BCUT2D eigenvalue weighted by molar-refractivity contribution is 7.97. The number of rotatable bonds is 24. The minimum absolute atomic E-state index is 0. The van der Waals surface area contributed by atoms with Crippen LogP contribution in [0.15, 0.2) is 94.8 Å². The van der Waals surface area contributed by atoms with Crippen molar-refractivity contribution in [1.29, 1.82) is 0 Å². The summed E-state index contributed by atoms with van der Waals surface area (Å²) >= 11 is 0. The average molecular weight is 980 g/mol. The normalized spacial score (nSPS) is 15.6. The molecule has 0 spiro atoms. The lowest BCUT2D eigenvalue weighted by Crippen LogP contribution is -2.22. The van der Waals surface area contributed by atoms with E-state index in [0.29, 0.717) is 57.1 Å². The van der Waals surface area contributed by atoms with Gasteiger partial charge in [0.2, 0.25) is 0 Å². The third-order valence-electron chi connectivity index (χ3n) is 14.3. The van der Waals surface area contributed by atoms with Crippen LogP contribution in [-0.2, 0) is 22.7 Å². The van der Waals surface area contributed by atoms with Gasteiger partial charge in [0, 0.05) is 44.2 Å². The van der Waals surface area contributed by atoms with E-state index in [1.165, 1.54) is 100 Å². The average Bonchev–Trinajstić information content (AvgIpc) is 3.63. The van der Waals surface area contributed by atoms with Gasteiger partial charge in [0.15, 0.2) is 33.0 Å². The SMILES string of the molecule is C.C.C.CCCCC(CC)CC1=CS(=O)(=O)C=C1CC(CC)CCCC.CCCCC(CC)Cc1cc2c(cc1CC(CC)CCCC)C(=O)c1ccccc1C2=O.O=C1C=CC(=O)c2ccccc21. The molecule has 0 N–H and O–H groups in total. The van der Waals surface area contributed by atoms with Gasteiger partial charge in [0.05, 0.1) is 0 Å². The number of carbonyl (C=O) groups excluding carboxylic acids is 4. The van der Waals surface area contributed by atoms with Gasteiger partial charge < -0.3 is 0 Å². The summed E-state index contributed by atoms with van der Waals surface area (Å²) in [6.07, 6.45) is 25.8. The first kappa shape index (κ1) is 63.5. The zero-order valence-electron chi connectivity index (χ0n) is 42.4. The lowest BCUT2D eigenvalue weighted by atomic mass is 9.78. The molecule has 388 valence electrons. The summed E-state index contributed by atoms with van der Waals surface area (Å²) in [6.45, 7) is 17.9. The van der Waals surface area contributed by atoms with E-state index >= 15 is 0 Å². The quantitative estimate of drug-likeness (QED) is 0.0693. The molecule has 4 atom stereocenters. The van der Waals surface area contributed by atoms with Gasteiger partial charge in [-0.2, -0.15) is 0 Å². The van der Waals surface area contributed by atoms with Gasteiger partial charge in [-0.15, -0.1) is 0 Å². The van der Waals surface area contributed by atoms with Crippen molar-refractivity contribution in [3.63, 3.8) is 0 Å². The molecule has 0 saturated carbocycles. The number of carbonyl (C=O) groups is 4. The predicted octanol–water partition coefficient (Wildman–Crippen LogP) is 17.9. The first-order valence-electron chi connectivity index (χ1n) is 26.1. The molecule has 6 nitrogen and oxygen atoms in total. The predicted molar refractivity (Wildman–Crippen MR) is 299 cm³/mol. The van der Waals surface area contributed by atoms with Gasteiger partial charge in [0.25, 0.3) is 0 Å². The van der Waals surface area contributed by atoms with E-state index in [0.717, 1.165) is 62.5 Å². The molecule has 3 aromatic rings. The number of hydrogen-bond donors (Lipinski definition) is 0. The van der Waals surface area contributed by atoms with Crippen LogP contribution in [0.25, 0.3) is 0 Å². The molecule has 1 heterocycles. The van der Waals surface area contributed by atoms with E-state index in [1.54, 1.807) is 47.2 Å².